The Morgan fingerprint density at radius 1 is 1.43 bits per heavy atom. The number of carboxylic acids is 1. The molecule has 21 heavy (non-hydrogen) atoms. The monoisotopic (exact) mass is 292 g/mol. The van der Waals surface area contributed by atoms with Gasteiger partial charge in [-0.05, 0) is 25.7 Å². The average Bonchev–Trinajstić information content (AvgIpc) is 2.85. The highest BCUT2D eigenvalue weighted by atomic mass is 16.5. The maximum absolute atomic E-state index is 10.6. The van der Waals surface area contributed by atoms with E-state index in [1.54, 1.807) is 0 Å². The average molecular weight is 292 g/mol. The third kappa shape index (κ3) is 3.90. The predicted molar refractivity (Wildman–Crippen MR) is 78.1 cm³/mol. The van der Waals surface area contributed by atoms with Crippen molar-refractivity contribution >= 4 is 22.9 Å². The van der Waals surface area contributed by atoms with E-state index >= 15 is 0 Å². The quantitative estimate of drug-likeness (QED) is 0.771. The fourth-order valence-corrected chi connectivity index (χ4v) is 2.33. The Morgan fingerprint density at radius 3 is 2.95 bits per heavy atom. The third-order valence-electron chi connectivity index (χ3n) is 3.63. The fraction of sp³-hybridized carbons (Fsp3) is 0.571. The Bertz CT molecular complexity index is 611. The Morgan fingerprint density at radius 2 is 2.24 bits per heavy atom. The molecule has 0 bridgehead atoms. The zero-order chi connectivity index (χ0) is 15.2. The highest BCUT2D eigenvalue weighted by Gasteiger charge is 2.13. The van der Waals surface area contributed by atoms with Crippen LogP contribution < -0.4 is 5.32 Å². The summed E-state index contributed by atoms with van der Waals surface area (Å²) in [5.41, 5.74) is 1.23. The first-order valence-corrected chi connectivity index (χ1v) is 7.14. The first-order valence-electron chi connectivity index (χ1n) is 7.14. The van der Waals surface area contributed by atoms with E-state index in [0.29, 0.717) is 23.9 Å². The van der Waals surface area contributed by atoms with Gasteiger partial charge in [-0.1, -0.05) is 18.5 Å². The predicted octanol–water partition coefficient (Wildman–Crippen LogP) is 2.62. The van der Waals surface area contributed by atoms with Crippen molar-refractivity contribution in [3.63, 3.8) is 0 Å². The number of carboxylic acid groups (broad SMARTS) is 1. The minimum Gasteiger partial charge on any atom is -0.481 e. The lowest BCUT2D eigenvalue weighted by Crippen LogP contribution is -2.11. The number of aliphatic carboxylic acids is 1. The van der Waals surface area contributed by atoms with E-state index in [-0.39, 0.29) is 6.42 Å². The van der Waals surface area contributed by atoms with Crippen LogP contribution in [-0.4, -0.2) is 32.7 Å². The van der Waals surface area contributed by atoms with E-state index in [1.807, 2.05) is 6.92 Å². The molecule has 0 amide bonds. The molecule has 0 spiro atoms. The topological polar surface area (TPSA) is 101 Å². The lowest BCUT2D eigenvalue weighted by atomic mass is 9.96. The van der Waals surface area contributed by atoms with Crippen molar-refractivity contribution in [3.8, 4) is 0 Å². The van der Waals surface area contributed by atoms with Gasteiger partial charge in [0.2, 0.25) is 0 Å². The zero-order valence-corrected chi connectivity index (χ0v) is 12.3. The van der Waals surface area contributed by atoms with Gasteiger partial charge in [-0.25, -0.2) is 4.98 Å². The van der Waals surface area contributed by atoms with Crippen molar-refractivity contribution in [2.75, 3.05) is 11.9 Å². The summed E-state index contributed by atoms with van der Waals surface area (Å²) in [5.74, 6) is 0.375. The molecule has 7 heteroatoms. The smallest absolute Gasteiger partial charge is 0.303 e. The van der Waals surface area contributed by atoms with Crippen LogP contribution in [0.1, 0.15) is 38.3 Å². The number of aryl methyl sites for hydroxylation is 1. The molecule has 2 aromatic heterocycles. The van der Waals surface area contributed by atoms with Crippen molar-refractivity contribution < 1.29 is 14.4 Å². The van der Waals surface area contributed by atoms with Gasteiger partial charge in [0, 0.05) is 13.0 Å². The van der Waals surface area contributed by atoms with Crippen molar-refractivity contribution in [1.29, 1.82) is 0 Å². The second-order valence-electron chi connectivity index (χ2n) is 5.09. The molecule has 0 saturated heterocycles. The number of fused-ring (bicyclic) bond motifs is 1. The largest absolute Gasteiger partial charge is 0.481 e. The second-order valence-corrected chi connectivity index (χ2v) is 5.09. The summed E-state index contributed by atoms with van der Waals surface area (Å²) in [4.78, 5) is 18.9. The van der Waals surface area contributed by atoms with Crippen molar-refractivity contribution in [1.82, 2.24) is 15.1 Å². The number of nitrogens with one attached hydrogen (secondary N) is 1. The molecule has 2 aromatic rings. The van der Waals surface area contributed by atoms with Crippen LogP contribution in [-0.2, 0) is 4.79 Å². The molecule has 0 aliphatic carbocycles. The van der Waals surface area contributed by atoms with Crippen LogP contribution in [0.4, 0.5) is 5.82 Å². The minimum absolute atomic E-state index is 0.223. The van der Waals surface area contributed by atoms with Gasteiger partial charge in [-0.15, -0.1) is 0 Å². The number of aromatic nitrogens is 3. The molecule has 0 fully saturated rings. The molecule has 2 N–H and O–H groups in total. The number of carbonyl (C=O) groups is 1. The Hall–Kier alpha value is -2.18. The minimum atomic E-state index is -0.737. The summed E-state index contributed by atoms with van der Waals surface area (Å²) in [7, 11) is 0. The molecular formula is C14H20N4O3. The van der Waals surface area contributed by atoms with Gasteiger partial charge in [0.15, 0.2) is 0 Å². The van der Waals surface area contributed by atoms with Crippen LogP contribution in [0.2, 0.25) is 0 Å². The molecule has 0 aliphatic rings. The van der Waals surface area contributed by atoms with Crippen LogP contribution in [0.3, 0.4) is 0 Å². The fourth-order valence-electron chi connectivity index (χ4n) is 2.33. The van der Waals surface area contributed by atoms with E-state index in [4.69, 9.17) is 9.63 Å². The van der Waals surface area contributed by atoms with Gasteiger partial charge in [0.1, 0.15) is 17.5 Å². The summed E-state index contributed by atoms with van der Waals surface area (Å²) in [6.07, 6.45) is 4.25. The van der Waals surface area contributed by atoms with Crippen LogP contribution in [0, 0.1) is 12.8 Å². The molecule has 0 radical (unpaired) electrons. The zero-order valence-electron chi connectivity index (χ0n) is 12.3. The molecule has 7 nitrogen and oxygen atoms in total. The van der Waals surface area contributed by atoms with Crippen LogP contribution in [0.5, 0.6) is 0 Å². The summed E-state index contributed by atoms with van der Waals surface area (Å²) in [5, 5.41) is 16.7. The number of hydrogen-bond acceptors (Lipinski definition) is 6. The highest BCUT2D eigenvalue weighted by molar-refractivity contribution is 5.87. The molecule has 2 rings (SSSR count). The van der Waals surface area contributed by atoms with Gasteiger partial charge in [0.05, 0.1) is 5.69 Å². The summed E-state index contributed by atoms with van der Waals surface area (Å²) in [6, 6.07) is 0. The maximum atomic E-state index is 10.6. The van der Waals surface area contributed by atoms with E-state index in [0.717, 1.165) is 30.5 Å². The van der Waals surface area contributed by atoms with Crippen molar-refractivity contribution in [2.24, 2.45) is 5.92 Å². The SMILES string of the molecule is CCC(CCNc1ncnc2onc(C)c12)CCC(=O)O. The molecular weight excluding hydrogens is 272 g/mol. The standard InChI is InChI=1S/C14H20N4O3/c1-3-10(4-5-11(19)20)6-7-15-13-12-9(2)18-21-14(12)17-8-16-13/h8,10H,3-7H2,1-2H3,(H,19,20)(H,15,16,17). The number of rotatable bonds is 8. The number of hydrogen-bond donors (Lipinski definition) is 2. The lowest BCUT2D eigenvalue weighted by molar-refractivity contribution is -0.137. The van der Waals surface area contributed by atoms with E-state index in [9.17, 15) is 4.79 Å². The Kier molecular flexibility index (Phi) is 5.08. The number of nitrogens with zero attached hydrogens (tertiary/aromatic N) is 3. The highest BCUT2D eigenvalue weighted by Crippen LogP contribution is 2.23. The van der Waals surface area contributed by atoms with Gasteiger partial charge < -0.3 is 14.9 Å². The molecule has 1 unspecified atom stereocenters. The van der Waals surface area contributed by atoms with E-state index < -0.39 is 5.97 Å². The van der Waals surface area contributed by atoms with Gasteiger partial charge in [-0.3, -0.25) is 4.79 Å². The molecule has 114 valence electrons. The van der Waals surface area contributed by atoms with Gasteiger partial charge in [0.25, 0.3) is 5.71 Å². The van der Waals surface area contributed by atoms with Crippen LogP contribution >= 0.6 is 0 Å². The normalized spacial score (nSPS) is 12.5. The van der Waals surface area contributed by atoms with E-state index in [1.165, 1.54) is 6.33 Å². The molecule has 1 atom stereocenters. The van der Waals surface area contributed by atoms with E-state index in [2.05, 4.69) is 27.4 Å². The third-order valence-corrected chi connectivity index (χ3v) is 3.63. The molecule has 0 aromatic carbocycles. The second kappa shape index (κ2) is 7.01. The van der Waals surface area contributed by atoms with Crippen LogP contribution in [0.25, 0.3) is 11.1 Å². The van der Waals surface area contributed by atoms with Crippen LogP contribution in [0.15, 0.2) is 10.9 Å². The molecule has 2 heterocycles. The molecule has 0 saturated carbocycles. The summed E-state index contributed by atoms with van der Waals surface area (Å²) in [6.45, 7) is 4.66. The van der Waals surface area contributed by atoms with Gasteiger partial charge >= 0.3 is 5.97 Å². The first kappa shape index (κ1) is 15.2. The Balaban J connectivity index is 1.92. The molecule has 0 aliphatic heterocycles. The number of anilines is 1. The lowest BCUT2D eigenvalue weighted by Gasteiger charge is -2.14. The van der Waals surface area contributed by atoms with Gasteiger partial charge in [-0.2, -0.15) is 4.98 Å². The summed E-state index contributed by atoms with van der Waals surface area (Å²) < 4.78 is 5.10. The summed E-state index contributed by atoms with van der Waals surface area (Å²) >= 11 is 0. The van der Waals surface area contributed by atoms with Crippen molar-refractivity contribution in [2.45, 2.75) is 39.5 Å². The Labute approximate surface area is 122 Å². The van der Waals surface area contributed by atoms with Crippen molar-refractivity contribution in [3.05, 3.63) is 12.0 Å². The maximum Gasteiger partial charge on any atom is 0.303 e. The first-order chi connectivity index (χ1) is 10.1.